The summed E-state index contributed by atoms with van der Waals surface area (Å²) >= 11 is 0. The molecule has 0 saturated heterocycles. The molecule has 2 aromatic rings. The SMILES string of the molecule is O=C(CCc1nc(-c2ccccn2)no1)NC1(C(=O)O)CCC1. The van der Waals surface area contributed by atoms with Crippen LogP contribution in [-0.2, 0) is 16.0 Å². The first-order valence-electron chi connectivity index (χ1n) is 7.37. The van der Waals surface area contributed by atoms with Gasteiger partial charge in [0.15, 0.2) is 0 Å². The number of hydrogen-bond acceptors (Lipinski definition) is 6. The van der Waals surface area contributed by atoms with Crippen LogP contribution in [0.25, 0.3) is 11.5 Å². The van der Waals surface area contributed by atoms with E-state index in [1.165, 1.54) is 0 Å². The van der Waals surface area contributed by atoms with E-state index >= 15 is 0 Å². The van der Waals surface area contributed by atoms with Gasteiger partial charge in [0.1, 0.15) is 11.2 Å². The van der Waals surface area contributed by atoms with Gasteiger partial charge in [-0.05, 0) is 31.4 Å². The van der Waals surface area contributed by atoms with Crippen LogP contribution in [0, 0.1) is 0 Å². The van der Waals surface area contributed by atoms with Gasteiger partial charge in [0.05, 0.1) is 0 Å². The minimum atomic E-state index is -1.09. The number of aryl methyl sites for hydroxylation is 1. The number of carbonyl (C=O) groups is 2. The van der Waals surface area contributed by atoms with Crippen LogP contribution in [-0.4, -0.2) is 37.6 Å². The summed E-state index contributed by atoms with van der Waals surface area (Å²) in [5.41, 5.74) is -0.503. The predicted molar refractivity (Wildman–Crippen MR) is 78.2 cm³/mol. The third kappa shape index (κ3) is 3.20. The van der Waals surface area contributed by atoms with E-state index in [1.54, 1.807) is 18.3 Å². The Kier molecular flexibility index (Phi) is 4.05. The van der Waals surface area contributed by atoms with E-state index in [0.29, 0.717) is 30.3 Å². The summed E-state index contributed by atoms with van der Waals surface area (Å²) in [6.45, 7) is 0. The standard InChI is InChI=1S/C15H16N4O4/c20-11(18-15(14(21)22)7-3-8-15)5-6-12-17-13(19-23-12)10-4-1-2-9-16-10/h1-2,4,9H,3,5-8H2,(H,18,20)(H,21,22). The van der Waals surface area contributed by atoms with Crippen molar-refractivity contribution in [3.8, 4) is 11.5 Å². The van der Waals surface area contributed by atoms with E-state index in [1.807, 2.05) is 6.07 Å². The molecule has 23 heavy (non-hydrogen) atoms. The van der Waals surface area contributed by atoms with Crippen molar-refractivity contribution < 1.29 is 19.2 Å². The molecule has 0 atom stereocenters. The van der Waals surface area contributed by atoms with Crippen molar-refractivity contribution in [2.45, 2.75) is 37.6 Å². The number of amides is 1. The molecule has 1 aliphatic rings. The van der Waals surface area contributed by atoms with Crippen LogP contribution in [0.4, 0.5) is 0 Å². The number of nitrogens with zero attached hydrogens (tertiary/aromatic N) is 3. The van der Waals surface area contributed by atoms with E-state index in [-0.39, 0.29) is 18.7 Å². The Hall–Kier alpha value is -2.77. The highest BCUT2D eigenvalue weighted by atomic mass is 16.5. The third-order valence-corrected chi connectivity index (χ3v) is 3.92. The summed E-state index contributed by atoms with van der Waals surface area (Å²) in [6, 6.07) is 5.36. The van der Waals surface area contributed by atoms with Gasteiger partial charge in [0.2, 0.25) is 17.6 Å². The quantitative estimate of drug-likeness (QED) is 0.821. The summed E-state index contributed by atoms with van der Waals surface area (Å²) in [4.78, 5) is 31.4. The first kappa shape index (κ1) is 15.1. The summed E-state index contributed by atoms with van der Waals surface area (Å²) in [7, 11) is 0. The van der Waals surface area contributed by atoms with Gasteiger partial charge in [-0.15, -0.1) is 0 Å². The van der Waals surface area contributed by atoms with Crippen LogP contribution in [0.3, 0.4) is 0 Å². The molecule has 2 heterocycles. The maximum atomic E-state index is 11.9. The number of carboxylic acid groups (broad SMARTS) is 1. The topological polar surface area (TPSA) is 118 Å². The molecule has 0 aromatic carbocycles. The van der Waals surface area contributed by atoms with E-state index < -0.39 is 11.5 Å². The van der Waals surface area contributed by atoms with Crippen molar-refractivity contribution >= 4 is 11.9 Å². The zero-order valence-electron chi connectivity index (χ0n) is 12.4. The second-order valence-corrected chi connectivity index (χ2v) is 5.52. The van der Waals surface area contributed by atoms with Gasteiger partial charge >= 0.3 is 5.97 Å². The molecule has 0 unspecified atom stereocenters. The molecule has 1 fully saturated rings. The molecule has 0 bridgehead atoms. The number of carboxylic acids is 1. The minimum Gasteiger partial charge on any atom is -0.480 e. The predicted octanol–water partition coefficient (Wildman–Crippen LogP) is 1.19. The Morgan fingerprint density at radius 2 is 2.17 bits per heavy atom. The molecular weight excluding hydrogens is 300 g/mol. The number of rotatable bonds is 6. The van der Waals surface area contributed by atoms with Gasteiger partial charge in [-0.2, -0.15) is 4.98 Å². The van der Waals surface area contributed by atoms with Crippen LogP contribution >= 0.6 is 0 Å². The lowest BCUT2D eigenvalue weighted by Crippen LogP contribution is -2.59. The molecule has 8 heteroatoms. The number of aliphatic carboxylic acids is 1. The van der Waals surface area contributed by atoms with Crippen LogP contribution in [0.5, 0.6) is 0 Å². The summed E-state index contributed by atoms with van der Waals surface area (Å²) < 4.78 is 5.09. The monoisotopic (exact) mass is 316 g/mol. The fourth-order valence-electron chi connectivity index (χ4n) is 2.43. The Balaban J connectivity index is 1.56. The molecule has 2 N–H and O–H groups in total. The highest BCUT2D eigenvalue weighted by molar-refractivity contribution is 5.87. The largest absolute Gasteiger partial charge is 0.480 e. The molecule has 120 valence electrons. The molecule has 1 saturated carbocycles. The molecule has 2 aromatic heterocycles. The lowest BCUT2D eigenvalue weighted by atomic mass is 9.76. The molecular formula is C15H16N4O4. The van der Waals surface area contributed by atoms with Crippen molar-refractivity contribution in [2.75, 3.05) is 0 Å². The Labute approximate surface area is 131 Å². The normalized spacial score (nSPS) is 15.7. The van der Waals surface area contributed by atoms with E-state index in [0.717, 1.165) is 6.42 Å². The Morgan fingerprint density at radius 1 is 1.35 bits per heavy atom. The zero-order chi connectivity index (χ0) is 16.3. The van der Waals surface area contributed by atoms with Crippen LogP contribution < -0.4 is 5.32 Å². The molecule has 1 amide bonds. The highest BCUT2D eigenvalue weighted by Gasteiger charge is 2.45. The number of carbonyl (C=O) groups excluding carboxylic acids is 1. The lowest BCUT2D eigenvalue weighted by Gasteiger charge is -2.38. The first-order valence-corrected chi connectivity index (χ1v) is 7.37. The van der Waals surface area contributed by atoms with Crippen molar-refractivity contribution in [1.82, 2.24) is 20.4 Å². The second kappa shape index (κ2) is 6.15. The number of aromatic nitrogens is 3. The highest BCUT2D eigenvalue weighted by Crippen LogP contribution is 2.32. The van der Waals surface area contributed by atoms with E-state index in [2.05, 4.69) is 20.4 Å². The fourth-order valence-corrected chi connectivity index (χ4v) is 2.43. The van der Waals surface area contributed by atoms with Crippen LogP contribution in [0.15, 0.2) is 28.9 Å². The van der Waals surface area contributed by atoms with Crippen molar-refractivity contribution in [3.05, 3.63) is 30.3 Å². The van der Waals surface area contributed by atoms with Crippen LogP contribution in [0.2, 0.25) is 0 Å². The molecule has 1 aliphatic carbocycles. The fraction of sp³-hybridized carbons (Fsp3) is 0.400. The number of hydrogen-bond donors (Lipinski definition) is 2. The molecule has 0 spiro atoms. The second-order valence-electron chi connectivity index (χ2n) is 5.52. The van der Waals surface area contributed by atoms with Crippen molar-refractivity contribution in [1.29, 1.82) is 0 Å². The summed E-state index contributed by atoms with van der Waals surface area (Å²) in [5.74, 6) is -0.627. The first-order chi connectivity index (χ1) is 11.1. The minimum absolute atomic E-state index is 0.0961. The number of pyridine rings is 1. The van der Waals surface area contributed by atoms with Gasteiger partial charge in [-0.25, -0.2) is 4.79 Å². The van der Waals surface area contributed by atoms with E-state index in [9.17, 15) is 14.7 Å². The molecule has 0 aliphatic heterocycles. The third-order valence-electron chi connectivity index (χ3n) is 3.92. The van der Waals surface area contributed by atoms with Gasteiger partial charge in [-0.1, -0.05) is 11.2 Å². The van der Waals surface area contributed by atoms with Crippen LogP contribution in [0.1, 0.15) is 31.6 Å². The zero-order valence-corrected chi connectivity index (χ0v) is 12.4. The lowest BCUT2D eigenvalue weighted by molar-refractivity contribution is -0.151. The Bertz CT molecular complexity index is 709. The average molecular weight is 316 g/mol. The summed E-state index contributed by atoms with van der Waals surface area (Å²) in [5, 5.41) is 15.6. The maximum Gasteiger partial charge on any atom is 0.329 e. The van der Waals surface area contributed by atoms with Crippen molar-refractivity contribution in [2.24, 2.45) is 0 Å². The van der Waals surface area contributed by atoms with Gasteiger partial charge < -0.3 is 14.9 Å². The Morgan fingerprint density at radius 3 is 2.78 bits per heavy atom. The molecule has 8 nitrogen and oxygen atoms in total. The smallest absolute Gasteiger partial charge is 0.329 e. The molecule has 0 radical (unpaired) electrons. The van der Waals surface area contributed by atoms with Gasteiger partial charge in [0, 0.05) is 19.0 Å². The van der Waals surface area contributed by atoms with Crippen molar-refractivity contribution in [3.63, 3.8) is 0 Å². The van der Waals surface area contributed by atoms with Gasteiger partial charge in [-0.3, -0.25) is 9.78 Å². The summed E-state index contributed by atoms with van der Waals surface area (Å²) in [6.07, 6.45) is 3.73. The van der Waals surface area contributed by atoms with Gasteiger partial charge in [0.25, 0.3) is 0 Å². The molecule has 3 rings (SSSR count). The van der Waals surface area contributed by atoms with E-state index in [4.69, 9.17) is 4.52 Å². The maximum absolute atomic E-state index is 11.9. The average Bonchev–Trinajstić information content (AvgIpc) is 2.98. The number of nitrogens with one attached hydrogen (secondary N) is 1.